The zero-order valence-electron chi connectivity index (χ0n) is 34.2. The number of benzene rings is 1. The topological polar surface area (TPSA) is 191 Å². The number of piperidine rings is 3. The van der Waals surface area contributed by atoms with Crippen LogP contribution in [-0.2, 0) is 26.2 Å². The molecule has 5 saturated heterocycles. The number of hydrogen-bond acceptors (Lipinski definition) is 13. The van der Waals surface area contributed by atoms with E-state index in [1.54, 1.807) is 21.6 Å². The number of alkyl halides is 2. The maximum absolute atomic E-state index is 14.3. The third-order valence-electron chi connectivity index (χ3n) is 12.9. The van der Waals surface area contributed by atoms with Crippen molar-refractivity contribution in [2.45, 2.75) is 75.5 Å². The number of fused-ring (bicyclic) bond motifs is 3. The monoisotopic (exact) mass is 842 g/mol. The Hall–Kier alpha value is -5.53. The van der Waals surface area contributed by atoms with Gasteiger partial charge in [-0.2, -0.15) is 10.2 Å². The number of rotatable bonds is 13. The number of nitrogens with zero attached hydrogens (tertiary/aromatic N) is 9. The summed E-state index contributed by atoms with van der Waals surface area (Å²) in [6, 6.07) is 7.70. The first-order valence-corrected chi connectivity index (χ1v) is 21.3. The second-order valence-corrected chi connectivity index (χ2v) is 16.8. The van der Waals surface area contributed by atoms with Crippen LogP contribution < -0.4 is 26.0 Å². The lowest BCUT2D eigenvalue weighted by molar-refractivity contribution is -0.134. The minimum absolute atomic E-state index is 0.0232. The number of para-hydroxylation sites is 1. The molecule has 2 bridgehead atoms. The lowest BCUT2D eigenvalue weighted by atomic mass is 9.93. The van der Waals surface area contributed by atoms with E-state index in [0.717, 1.165) is 94.2 Å². The molecule has 3 atom stereocenters. The molecule has 5 aliphatic rings. The second kappa shape index (κ2) is 17.4. The second-order valence-electron chi connectivity index (χ2n) is 16.8. The fourth-order valence-electron chi connectivity index (χ4n) is 9.68. The predicted molar refractivity (Wildman–Crippen MR) is 221 cm³/mol. The van der Waals surface area contributed by atoms with Crippen LogP contribution in [0.1, 0.15) is 80.5 Å². The van der Waals surface area contributed by atoms with Crippen LogP contribution in [0.4, 0.5) is 20.3 Å². The number of aryl methyl sites for hydroxylation is 1. The summed E-state index contributed by atoms with van der Waals surface area (Å²) < 4.78 is 43.9. The molecule has 0 radical (unpaired) electrons. The molecule has 3 amide bonds. The number of morpholine rings is 1. The molecule has 17 nitrogen and oxygen atoms in total. The number of nitrogens with two attached hydrogens (primary N) is 1. The summed E-state index contributed by atoms with van der Waals surface area (Å²) in [6.45, 7) is 7.23. The quantitative estimate of drug-likeness (QED) is 0.131. The molecule has 324 valence electrons. The fraction of sp³-hybridized carbons (Fsp3) is 0.548. The lowest BCUT2D eigenvalue weighted by Crippen LogP contribution is -2.42. The van der Waals surface area contributed by atoms with Crippen molar-refractivity contribution in [3.63, 3.8) is 0 Å². The van der Waals surface area contributed by atoms with Gasteiger partial charge in [0.25, 0.3) is 12.3 Å². The summed E-state index contributed by atoms with van der Waals surface area (Å²) in [5.74, 6) is 0.339. The third-order valence-corrected chi connectivity index (χ3v) is 12.9. The number of ether oxygens (including phenoxy) is 2. The fourth-order valence-corrected chi connectivity index (χ4v) is 9.68. The van der Waals surface area contributed by atoms with Crippen LogP contribution in [0.25, 0.3) is 16.5 Å². The molecule has 0 spiro atoms. The van der Waals surface area contributed by atoms with E-state index in [4.69, 9.17) is 15.2 Å². The number of aromatic nitrogens is 6. The first-order chi connectivity index (χ1) is 29.6. The average molecular weight is 843 g/mol. The highest BCUT2D eigenvalue weighted by Crippen LogP contribution is 2.36. The summed E-state index contributed by atoms with van der Waals surface area (Å²) in [7, 11) is 1.85. The summed E-state index contributed by atoms with van der Waals surface area (Å²) in [5.41, 5.74) is 6.81. The van der Waals surface area contributed by atoms with Crippen molar-refractivity contribution >= 4 is 45.7 Å². The largest absolute Gasteiger partial charge is 0.490 e. The number of hydrogen-bond donors (Lipinski definition) is 3. The Morgan fingerprint density at radius 2 is 1.87 bits per heavy atom. The number of imide groups is 1. The molecule has 4 N–H and O–H groups in total. The molecule has 0 saturated carbocycles. The van der Waals surface area contributed by atoms with Gasteiger partial charge in [0.05, 0.1) is 47.7 Å². The number of halogens is 2. The summed E-state index contributed by atoms with van der Waals surface area (Å²) >= 11 is 0. The van der Waals surface area contributed by atoms with Gasteiger partial charge in [0.1, 0.15) is 23.7 Å². The Labute approximate surface area is 351 Å². The van der Waals surface area contributed by atoms with Gasteiger partial charge in [0, 0.05) is 70.2 Å². The van der Waals surface area contributed by atoms with E-state index < -0.39 is 23.9 Å². The smallest absolute Gasteiger partial charge is 0.284 e. The Balaban J connectivity index is 0.735. The van der Waals surface area contributed by atoms with Gasteiger partial charge in [-0.1, -0.05) is 12.1 Å². The molecule has 4 aromatic rings. The zero-order valence-corrected chi connectivity index (χ0v) is 34.2. The van der Waals surface area contributed by atoms with E-state index in [1.165, 1.54) is 6.20 Å². The van der Waals surface area contributed by atoms with Gasteiger partial charge in [0.2, 0.25) is 11.8 Å². The molecule has 19 heteroatoms. The summed E-state index contributed by atoms with van der Waals surface area (Å²) in [6.07, 6.45) is 6.76. The van der Waals surface area contributed by atoms with Crippen LogP contribution in [-0.4, -0.2) is 128 Å². The van der Waals surface area contributed by atoms with Crippen molar-refractivity contribution in [1.82, 2.24) is 44.6 Å². The van der Waals surface area contributed by atoms with Crippen molar-refractivity contribution in [2.24, 2.45) is 18.7 Å². The number of amides is 3. The summed E-state index contributed by atoms with van der Waals surface area (Å²) in [4.78, 5) is 53.6. The number of anilines is 2. The molecule has 0 aliphatic carbocycles. The molecule has 5 aliphatic heterocycles. The lowest BCUT2D eigenvalue weighted by Gasteiger charge is -2.37. The highest BCUT2D eigenvalue weighted by atomic mass is 19.3. The Morgan fingerprint density at radius 3 is 2.59 bits per heavy atom. The van der Waals surface area contributed by atoms with Crippen molar-refractivity contribution in [3.05, 3.63) is 60.1 Å². The van der Waals surface area contributed by atoms with Crippen LogP contribution in [0, 0.1) is 5.92 Å². The summed E-state index contributed by atoms with van der Waals surface area (Å²) in [5, 5.41) is 14.8. The van der Waals surface area contributed by atoms with Gasteiger partial charge in [-0.15, -0.1) is 0 Å². The van der Waals surface area contributed by atoms with Gasteiger partial charge in [-0.05, 0) is 69.7 Å². The van der Waals surface area contributed by atoms with Crippen LogP contribution >= 0.6 is 0 Å². The van der Waals surface area contributed by atoms with E-state index in [-0.39, 0.29) is 47.1 Å². The molecule has 1 unspecified atom stereocenters. The minimum atomic E-state index is -2.89. The SMILES string of the molecule is Cn1nc(C2CCC(=O)NC2=O)c2cccc(OCCN3CCC(CN4CCC(n5cc(NC(=O)C(=CN)c6nccc(N7C[C@H]8C[C@@H]7CO8)n6)c(C(F)F)n5)CC4)CC3)c21. The highest BCUT2D eigenvalue weighted by Gasteiger charge is 2.40. The molecule has 3 aromatic heterocycles. The minimum Gasteiger partial charge on any atom is -0.490 e. The van der Waals surface area contributed by atoms with Crippen molar-refractivity contribution in [3.8, 4) is 5.75 Å². The van der Waals surface area contributed by atoms with Crippen LogP contribution in [0.2, 0.25) is 0 Å². The molecular weight excluding hydrogens is 791 g/mol. The van der Waals surface area contributed by atoms with Gasteiger partial charge in [0.15, 0.2) is 11.5 Å². The molecular formula is C42H52F2N12O5. The van der Waals surface area contributed by atoms with E-state index >= 15 is 0 Å². The van der Waals surface area contributed by atoms with Gasteiger partial charge >= 0.3 is 0 Å². The molecule has 5 fully saturated rings. The Morgan fingerprint density at radius 1 is 1.07 bits per heavy atom. The normalized spacial score (nSPS) is 23.4. The molecule has 1 aromatic carbocycles. The highest BCUT2D eigenvalue weighted by molar-refractivity contribution is 6.24. The van der Waals surface area contributed by atoms with Gasteiger partial charge in [-0.3, -0.25) is 34.0 Å². The molecule has 61 heavy (non-hydrogen) atoms. The number of carbonyl (C=O) groups is 3. The maximum Gasteiger partial charge on any atom is 0.284 e. The Bertz CT molecular complexity index is 2300. The number of nitrogens with one attached hydrogen (secondary N) is 2. The van der Waals surface area contributed by atoms with Crippen molar-refractivity contribution in [1.29, 1.82) is 0 Å². The van der Waals surface area contributed by atoms with Crippen LogP contribution in [0.5, 0.6) is 5.75 Å². The van der Waals surface area contributed by atoms with Crippen LogP contribution in [0.15, 0.2) is 42.9 Å². The maximum atomic E-state index is 14.3. The van der Waals surface area contributed by atoms with Gasteiger partial charge < -0.3 is 30.3 Å². The first kappa shape index (κ1) is 40.9. The zero-order chi connectivity index (χ0) is 42.2. The van der Waals surface area contributed by atoms with Crippen molar-refractivity contribution < 1.29 is 32.6 Å². The van der Waals surface area contributed by atoms with E-state index in [9.17, 15) is 23.2 Å². The third kappa shape index (κ3) is 8.55. The standard InChI is InChI=1S/C42H52F2N12O5/c1-52-38-29(36(50-52)30-5-6-35(57)49-41(30)58)3-2-4-33(38)60-18-17-53-13-8-25(9-14-53)21-54-15-10-26(11-16-54)56-23-32(37(51-56)39(43)44)47-42(59)31(20-45)40-46-12-7-34(48-40)55-22-28-19-27(55)24-61-28/h2-4,7,12,20,23,25-28,30,39H,5-6,8-11,13-19,21-22,24,45H2,1H3,(H,47,59)(H,49,57,58)/t27-,28-,30?/m1/s1. The van der Waals surface area contributed by atoms with Crippen LogP contribution in [0.3, 0.4) is 0 Å². The van der Waals surface area contributed by atoms with Gasteiger partial charge in [-0.25, -0.2) is 18.7 Å². The molecule has 9 rings (SSSR count). The predicted octanol–water partition coefficient (Wildman–Crippen LogP) is 3.36. The number of likely N-dealkylation sites (tertiary alicyclic amines) is 2. The van der Waals surface area contributed by atoms with E-state index in [1.807, 2.05) is 25.2 Å². The molecule has 8 heterocycles. The Kier molecular flexibility index (Phi) is 11.7. The van der Waals surface area contributed by atoms with E-state index in [0.29, 0.717) is 50.0 Å². The number of carbonyl (C=O) groups excluding carboxylic acids is 3. The van der Waals surface area contributed by atoms with E-state index in [2.05, 4.69) is 45.5 Å². The van der Waals surface area contributed by atoms with Crippen molar-refractivity contribution in [2.75, 3.05) is 69.2 Å². The average Bonchev–Trinajstić information content (AvgIpc) is 4.07. The first-order valence-electron chi connectivity index (χ1n) is 21.3.